The molecule has 0 saturated heterocycles. The van der Waals surface area contributed by atoms with Crippen LogP contribution in [0.4, 0.5) is 0 Å². The Balaban J connectivity index is 0.00000192. The molecule has 1 saturated carbocycles. The van der Waals surface area contributed by atoms with E-state index in [1.54, 1.807) is 0 Å². The minimum atomic E-state index is 0. The summed E-state index contributed by atoms with van der Waals surface area (Å²) in [6.45, 7) is 7.72. The molecule has 0 radical (unpaired) electrons. The molecule has 2 unspecified atom stereocenters. The number of aromatic amines is 1. The zero-order valence-electron chi connectivity index (χ0n) is 14.3. The third-order valence-electron chi connectivity index (χ3n) is 4.58. The standard InChI is InChI=1S/C18H27N3O.ClH/c1-12(2)10-19-14-5-4-6-15(9-14)22-18-8-7-17-16(13(18)3)11-20-21-17;/h7-8,11-12,14-15,19H,4-6,9-10H2,1-3H3,(H,20,21);1H. The maximum Gasteiger partial charge on any atom is 0.123 e. The van der Waals surface area contributed by atoms with Gasteiger partial charge in [-0.25, -0.2) is 0 Å². The summed E-state index contributed by atoms with van der Waals surface area (Å²) >= 11 is 0. The SMILES string of the molecule is Cc1c(OC2CCCC(NCC(C)C)C2)ccc2[nH]ncc12.Cl. The van der Waals surface area contributed by atoms with Crippen LogP contribution in [0.2, 0.25) is 0 Å². The highest BCUT2D eigenvalue weighted by atomic mass is 35.5. The first-order valence-corrected chi connectivity index (χ1v) is 8.46. The van der Waals surface area contributed by atoms with Gasteiger partial charge in [0.15, 0.2) is 0 Å². The number of benzene rings is 1. The summed E-state index contributed by atoms with van der Waals surface area (Å²) in [5.41, 5.74) is 2.26. The van der Waals surface area contributed by atoms with Gasteiger partial charge in [0.2, 0.25) is 0 Å². The molecule has 1 aliphatic carbocycles. The minimum absolute atomic E-state index is 0. The fraction of sp³-hybridized carbons (Fsp3) is 0.611. The number of fused-ring (bicyclic) bond motifs is 1. The van der Waals surface area contributed by atoms with E-state index in [2.05, 4.69) is 48.4 Å². The number of hydrogen-bond donors (Lipinski definition) is 2. The first-order chi connectivity index (χ1) is 10.6. The predicted octanol–water partition coefficient (Wildman–Crippen LogP) is 4.23. The zero-order chi connectivity index (χ0) is 15.5. The van der Waals surface area contributed by atoms with Crippen molar-refractivity contribution < 1.29 is 4.74 Å². The predicted molar refractivity (Wildman–Crippen MR) is 97.6 cm³/mol. The Labute approximate surface area is 144 Å². The van der Waals surface area contributed by atoms with Gasteiger partial charge in [-0.1, -0.05) is 13.8 Å². The van der Waals surface area contributed by atoms with Gasteiger partial charge in [-0.2, -0.15) is 5.10 Å². The molecule has 1 fully saturated rings. The van der Waals surface area contributed by atoms with Gasteiger partial charge in [0.1, 0.15) is 11.9 Å². The number of aryl methyl sites for hydroxylation is 1. The van der Waals surface area contributed by atoms with Gasteiger partial charge in [-0.3, -0.25) is 5.10 Å². The monoisotopic (exact) mass is 337 g/mol. The van der Waals surface area contributed by atoms with Gasteiger partial charge in [0.05, 0.1) is 11.7 Å². The molecule has 0 bridgehead atoms. The second-order valence-electron chi connectivity index (χ2n) is 6.93. The molecule has 23 heavy (non-hydrogen) atoms. The van der Waals surface area contributed by atoms with Crippen molar-refractivity contribution in [2.24, 2.45) is 5.92 Å². The molecule has 2 aromatic rings. The fourth-order valence-corrected chi connectivity index (χ4v) is 3.29. The number of ether oxygens (including phenoxy) is 1. The van der Waals surface area contributed by atoms with Crippen LogP contribution in [0.1, 0.15) is 45.1 Å². The number of aromatic nitrogens is 2. The Hall–Kier alpha value is -1.26. The van der Waals surface area contributed by atoms with E-state index in [1.165, 1.54) is 18.4 Å². The molecular formula is C18H28ClN3O. The van der Waals surface area contributed by atoms with E-state index in [0.717, 1.165) is 36.0 Å². The highest BCUT2D eigenvalue weighted by Crippen LogP contribution is 2.30. The molecule has 0 aliphatic heterocycles. The quantitative estimate of drug-likeness (QED) is 0.858. The van der Waals surface area contributed by atoms with Crippen molar-refractivity contribution in [2.75, 3.05) is 6.54 Å². The lowest BCUT2D eigenvalue weighted by Gasteiger charge is -2.31. The van der Waals surface area contributed by atoms with Crippen LogP contribution in [0.3, 0.4) is 0 Å². The molecule has 5 heteroatoms. The van der Waals surface area contributed by atoms with Crippen LogP contribution in [0.25, 0.3) is 10.9 Å². The van der Waals surface area contributed by atoms with Crippen LogP contribution >= 0.6 is 12.4 Å². The van der Waals surface area contributed by atoms with Gasteiger partial charge in [-0.15, -0.1) is 12.4 Å². The summed E-state index contributed by atoms with van der Waals surface area (Å²) in [4.78, 5) is 0. The van der Waals surface area contributed by atoms with E-state index in [-0.39, 0.29) is 12.4 Å². The number of rotatable bonds is 5. The molecule has 0 amide bonds. The fourth-order valence-electron chi connectivity index (χ4n) is 3.29. The van der Waals surface area contributed by atoms with Crippen LogP contribution < -0.4 is 10.1 Å². The highest BCUT2D eigenvalue weighted by Gasteiger charge is 2.23. The van der Waals surface area contributed by atoms with Crippen molar-refractivity contribution in [3.63, 3.8) is 0 Å². The van der Waals surface area contributed by atoms with Gasteiger partial charge in [-0.05, 0) is 57.2 Å². The normalized spacial score (nSPS) is 21.4. The van der Waals surface area contributed by atoms with Crippen molar-refractivity contribution in [3.05, 3.63) is 23.9 Å². The largest absolute Gasteiger partial charge is 0.490 e. The average molecular weight is 338 g/mol. The lowest BCUT2D eigenvalue weighted by Crippen LogP contribution is -2.39. The van der Waals surface area contributed by atoms with Crippen LogP contribution in [-0.4, -0.2) is 28.9 Å². The summed E-state index contributed by atoms with van der Waals surface area (Å²) < 4.78 is 6.32. The van der Waals surface area contributed by atoms with Gasteiger partial charge >= 0.3 is 0 Å². The van der Waals surface area contributed by atoms with Crippen molar-refractivity contribution in [2.45, 2.75) is 58.6 Å². The first-order valence-electron chi connectivity index (χ1n) is 8.46. The van der Waals surface area contributed by atoms with E-state index >= 15 is 0 Å². The summed E-state index contributed by atoms with van der Waals surface area (Å²) in [5.74, 6) is 1.70. The van der Waals surface area contributed by atoms with E-state index in [1.807, 2.05) is 6.20 Å². The average Bonchev–Trinajstić information content (AvgIpc) is 2.98. The Morgan fingerprint density at radius 2 is 2.17 bits per heavy atom. The van der Waals surface area contributed by atoms with Crippen LogP contribution in [-0.2, 0) is 0 Å². The Morgan fingerprint density at radius 3 is 2.96 bits per heavy atom. The third kappa shape index (κ3) is 4.39. The van der Waals surface area contributed by atoms with Crippen LogP contribution in [0, 0.1) is 12.8 Å². The van der Waals surface area contributed by atoms with Gasteiger partial charge < -0.3 is 10.1 Å². The molecule has 3 rings (SSSR count). The number of halogens is 1. The lowest BCUT2D eigenvalue weighted by atomic mass is 9.92. The second-order valence-corrected chi connectivity index (χ2v) is 6.93. The summed E-state index contributed by atoms with van der Waals surface area (Å²) in [5, 5.41) is 12.0. The smallest absolute Gasteiger partial charge is 0.123 e. The molecular weight excluding hydrogens is 310 g/mol. The Morgan fingerprint density at radius 1 is 1.35 bits per heavy atom. The molecule has 1 aromatic carbocycles. The summed E-state index contributed by atoms with van der Waals surface area (Å²) in [7, 11) is 0. The molecule has 1 aliphatic rings. The zero-order valence-corrected chi connectivity index (χ0v) is 15.1. The summed E-state index contributed by atoms with van der Waals surface area (Å²) in [6, 6.07) is 4.72. The summed E-state index contributed by atoms with van der Waals surface area (Å²) in [6.07, 6.45) is 6.98. The van der Waals surface area contributed by atoms with E-state index in [0.29, 0.717) is 18.1 Å². The molecule has 128 valence electrons. The maximum absolute atomic E-state index is 6.32. The van der Waals surface area contributed by atoms with Crippen molar-refractivity contribution >= 4 is 23.3 Å². The molecule has 4 nitrogen and oxygen atoms in total. The number of hydrogen-bond acceptors (Lipinski definition) is 3. The third-order valence-corrected chi connectivity index (χ3v) is 4.58. The maximum atomic E-state index is 6.32. The number of H-pyrrole nitrogens is 1. The van der Waals surface area contributed by atoms with Crippen molar-refractivity contribution in [1.29, 1.82) is 0 Å². The van der Waals surface area contributed by atoms with E-state index in [9.17, 15) is 0 Å². The molecule has 2 N–H and O–H groups in total. The molecule has 1 heterocycles. The first kappa shape index (κ1) is 18.1. The number of nitrogens with zero attached hydrogens (tertiary/aromatic N) is 1. The van der Waals surface area contributed by atoms with Crippen molar-refractivity contribution in [3.8, 4) is 5.75 Å². The van der Waals surface area contributed by atoms with Crippen LogP contribution in [0.15, 0.2) is 18.3 Å². The topological polar surface area (TPSA) is 49.9 Å². The number of nitrogens with one attached hydrogen (secondary N) is 2. The van der Waals surface area contributed by atoms with E-state index < -0.39 is 0 Å². The van der Waals surface area contributed by atoms with Gasteiger partial charge in [0, 0.05) is 17.0 Å². The highest BCUT2D eigenvalue weighted by molar-refractivity contribution is 5.85. The molecule has 0 spiro atoms. The Kier molecular flexibility index (Phi) is 6.31. The van der Waals surface area contributed by atoms with Crippen LogP contribution in [0.5, 0.6) is 5.75 Å². The van der Waals surface area contributed by atoms with Crippen molar-refractivity contribution in [1.82, 2.24) is 15.5 Å². The van der Waals surface area contributed by atoms with Gasteiger partial charge in [0.25, 0.3) is 0 Å². The lowest BCUT2D eigenvalue weighted by molar-refractivity contribution is 0.133. The second kappa shape index (κ2) is 8.02. The van der Waals surface area contributed by atoms with E-state index in [4.69, 9.17) is 4.74 Å². The molecule has 1 aromatic heterocycles. The molecule has 2 atom stereocenters. The minimum Gasteiger partial charge on any atom is -0.490 e. The Bertz CT molecular complexity index is 626.